The monoisotopic (exact) mass is 406 g/mol. The summed E-state index contributed by atoms with van der Waals surface area (Å²) in [5, 5.41) is 4.26. The Balaban J connectivity index is 2.32. The highest BCUT2D eigenvalue weighted by molar-refractivity contribution is 9.10. The van der Waals surface area contributed by atoms with Gasteiger partial charge in [0.05, 0.1) is 12.3 Å². The predicted molar refractivity (Wildman–Crippen MR) is 104 cm³/mol. The van der Waals surface area contributed by atoms with Crippen LogP contribution < -0.4 is 5.43 Å². The third kappa shape index (κ3) is 5.39. The van der Waals surface area contributed by atoms with Gasteiger partial charge in [-0.2, -0.15) is 16.9 Å². The molecule has 6 heteroatoms. The topological polar surface area (TPSA) is 50.7 Å². The maximum absolute atomic E-state index is 11.6. The van der Waals surface area contributed by atoms with Gasteiger partial charge in [0.15, 0.2) is 0 Å². The summed E-state index contributed by atoms with van der Waals surface area (Å²) in [5.74, 6) is 0.964. The Labute approximate surface area is 154 Å². The minimum atomic E-state index is -0.564. The maximum atomic E-state index is 11.6. The van der Waals surface area contributed by atoms with Crippen molar-refractivity contribution in [3.63, 3.8) is 0 Å². The Morgan fingerprint density at radius 1 is 1.12 bits per heavy atom. The lowest BCUT2D eigenvalue weighted by Crippen LogP contribution is -2.21. The van der Waals surface area contributed by atoms with Crippen LogP contribution >= 0.6 is 27.7 Å². The normalized spacial score (nSPS) is 11.2. The van der Waals surface area contributed by atoms with Gasteiger partial charge in [0.25, 0.3) is 0 Å². The first kappa shape index (κ1) is 18.5. The van der Waals surface area contributed by atoms with Crippen LogP contribution in [0, 0.1) is 0 Å². The summed E-state index contributed by atoms with van der Waals surface area (Å²) in [6, 6.07) is 16.0. The van der Waals surface area contributed by atoms with Crippen LogP contribution in [0.15, 0.2) is 58.1 Å². The van der Waals surface area contributed by atoms with E-state index in [1.165, 1.54) is 5.56 Å². The van der Waals surface area contributed by atoms with Gasteiger partial charge in [0.1, 0.15) is 0 Å². The van der Waals surface area contributed by atoms with Crippen molar-refractivity contribution in [1.82, 2.24) is 5.43 Å². The lowest BCUT2D eigenvalue weighted by atomic mass is 10.0. The number of hydrazone groups is 1. The number of benzene rings is 2. The molecule has 0 aliphatic rings. The molecule has 0 aliphatic heterocycles. The summed E-state index contributed by atoms with van der Waals surface area (Å²) < 4.78 is 5.85. The molecule has 0 aromatic heterocycles. The Hall–Kier alpha value is -1.79. The van der Waals surface area contributed by atoms with Crippen molar-refractivity contribution in [3.05, 3.63) is 69.7 Å². The third-order valence-corrected chi connectivity index (χ3v) is 4.34. The molecule has 2 aromatic rings. The smallest absolute Gasteiger partial charge is 0.427 e. The van der Waals surface area contributed by atoms with Gasteiger partial charge in [0.2, 0.25) is 0 Å². The van der Waals surface area contributed by atoms with E-state index in [1.807, 2.05) is 36.4 Å². The zero-order chi connectivity index (χ0) is 17.4. The Kier molecular flexibility index (Phi) is 7.34. The van der Waals surface area contributed by atoms with E-state index in [2.05, 4.69) is 44.8 Å². The molecule has 0 saturated heterocycles. The van der Waals surface area contributed by atoms with Crippen molar-refractivity contribution in [1.29, 1.82) is 0 Å². The molecule has 1 N–H and O–H groups in total. The minimum absolute atomic E-state index is 0.304. The molecule has 0 aliphatic carbocycles. The van der Waals surface area contributed by atoms with E-state index in [-0.39, 0.29) is 0 Å². The first-order valence-electron chi connectivity index (χ1n) is 7.48. The molecule has 0 heterocycles. The minimum Gasteiger partial charge on any atom is -0.449 e. The number of amides is 1. The second kappa shape index (κ2) is 9.49. The van der Waals surface area contributed by atoms with Crippen LogP contribution in [0.3, 0.4) is 0 Å². The van der Waals surface area contributed by atoms with E-state index in [0.717, 1.165) is 21.4 Å². The summed E-state index contributed by atoms with van der Waals surface area (Å²) in [4.78, 5) is 11.6. The first-order chi connectivity index (χ1) is 11.6. The molecule has 0 saturated carbocycles. The number of ether oxygens (including phenoxy) is 1. The van der Waals surface area contributed by atoms with E-state index in [4.69, 9.17) is 4.74 Å². The number of nitrogens with one attached hydrogen (secondary N) is 1. The zero-order valence-electron chi connectivity index (χ0n) is 13.6. The van der Waals surface area contributed by atoms with Crippen LogP contribution in [-0.4, -0.2) is 24.7 Å². The van der Waals surface area contributed by atoms with Crippen molar-refractivity contribution in [3.8, 4) is 0 Å². The van der Waals surface area contributed by atoms with Crippen LogP contribution in [0.25, 0.3) is 0 Å². The molecule has 0 spiro atoms. The average molecular weight is 407 g/mol. The van der Waals surface area contributed by atoms with Crippen molar-refractivity contribution >= 4 is 39.5 Å². The number of halogens is 1. The second-order valence-electron chi connectivity index (χ2n) is 4.93. The SMILES string of the molecule is CCOC(=O)NN=C(c1ccc(Br)cc1)c1ccc(CSC)cc1. The van der Waals surface area contributed by atoms with E-state index in [0.29, 0.717) is 12.3 Å². The number of carbonyl (C=O) groups is 1. The lowest BCUT2D eigenvalue weighted by Gasteiger charge is -2.09. The molecule has 4 nitrogen and oxygen atoms in total. The molecule has 2 rings (SSSR count). The number of rotatable bonds is 6. The van der Waals surface area contributed by atoms with Crippen LogP contribution in [0.4, 0.5) is 4.79 Å². The molecule has 24 heavy (non-hydrogen) atoms. The van der Waals surface area contributed by atoms with Crippen molar-refractivity contribution in [2.24, 2.45) is 5.10 Å². The lowest BCUT2D eigenvalue weighted by molar-refractivity contribution is 0.152. The van der Waals surface area contributed by atoms with Gasteiger partial charge < -0.3 is 4.74 Å². The maximum Gasteiger partial charge on any atom is 0.427 e. The molecule has 1 amide bonds. The average Bonchev–Trinajstić information content (AvgIpc) is 2.58. The summed E-state index contributed by atoms with van der Waals surface area (Å²) >= 11 is 5.21. The van der Waals surface area contributed by atoms with Gasteiger partial charge in [-0.15, -0.1) is 0 Å². The fourth-order valence-electron chi connectivity index (χ4n) is 2.09. The largest absolute Gasteiger partial charge is 0.449 e. The first-order valence-corrected chi connectivity index (χ1v) is 9.67. The number of carbonyl (C=O) groups excluding carboxylic acids is 1. The van der Waals surface area contributed by atoms with Gasteiger partial charge >= 0.3 is 6.09 Å². The Morgan fingerprint density at radius 3 is 2.25 bits per heavy atom. The number of nitrogens with zero attached hydrogens (tertiary/aromatic N) is 1. The fourth-order valence-corrected chi connectivity index (χ4v) is 2.88. The van der Waals surface area contributed by atoms with E-state index in [9.17, 15) is 4.79 Å². The van der Waals surface area contributed by atoms with Gasteiger partial charge in [-0.05, 0) is 30.9 Å². The molecular formula is C18H19BrN2O2S. The van der Waals surface area contributed by atoms with Crippen LogP contribution in [0.1, 0.15) is 23.6 Å². The van der Waals surface area contributed by atoms with Crippen LogP contribution in [0.5, 0.6) is 0 Å². The third-order valence-electron chi connectivity index (χ3n) is 3.19. The summed E-state index contributed by atoms with van der Waals surface area (Å²) in [7, 11) is 0. The quantitative estimate of drug-likeness (QED) is 0.552. The molecule has 0 atom stereocenters. The zero-order valence-corrected chi connectivity index (χ0v) is 16.0. The molecule has 0 radical (unpaired) electrons. The van der Waals surface area contributed by atoms with E-state index >= 15 is 0 Å². The standard InChI is InChI=1S/C18H19BrN2O2S/c1-3-23-18(22)21-20-17(15-8-10-16(19)11-9-15)14-6-4-13(5-7-14)12-24-2/h4-11H,3,12H2,1-2H3,(H,21,22). The van der Waals surface area contributed by atoms with Crippen molar-refractivity contribution < 1.29 is 9.53 Å². The van der Waals surface area contributed by atoms with Gasteiger partial charge in [-0.3, -0.25) is 0 Å². The second-order valence-corrected chi connectivity index (χ2v) is 6.71. The molecule has 0 unspecified atom stereocenters. The van der Waals surface area contributed by atoms with E-state index < -0.39 is 6.09 Å². The number of hydrogen-bond acceptors (Lipinski definition) is 4. The Morgan fingerprint density at radius 2 is 1.71 bits per heavy atom. The molecule has 0 fully saturated rings. The van der Waals surface area contributed by atoms with E-state index in [1.54, 1.807) is 18.7 Å². The highest BCUT2D eigenvalue weighted by Gasteiger charge is 2.09. The molecule has 126 valence electrons. The van der Waals surface area contributed by atoms with Gasteiger partial charge in [-0.25, -0.2) is 10.2 Å². The summed E-state index contributed by atoms with van der Waals surface area (Å²) in [6.45, 7) is 2.06. The van der Waals surface area contributed by atoms with Crippen LogP contribution in [0.2, 0.25) is 0 Å². The molecule has 0 bridgehead atoms. The summed E-state index contributed by atoms with van der Waals surface area (Å²) in [6.07, 6.45) is 1.51. The number of hydrogen-bond donors (Lipinski definition) is 1. The molecule has 2 aromatic carbocycles. The number of thioether (sulfide) groups is 1. The fraction of sp³-hybridized carbons (Fsp3) is 0.222. The molecular weight excluding hydrogens is 388 g/mol. The summed E-state index contributed by atoms with van der Waals surface area (Å²) in [5.41, 5.74) is 6.22. The van der Waals surface area contributed by atoms with Crippen LogP contribution in [-0.2, 0) is 10.5 Å². The Bertz CT molecular complexity index is 700. The van der Waals surface area contributed by atoms with Gasteiger partial charge in [-0.1, -0.05) is 52.3 Å². The highest BCUT2D eigenvalue weighted by atomic mass is 79.9. The van der Waals surface area contributed by atoms with Gasteiger partial charge in [0, 0.05) is 21.4 Å². The van der Waals surface area contributed by atoms with Crippen molar-refractivity contribution in [2.75, 3.05) is 12.9 Å². The predicted octanol–water partition coefficient (Wildman–Crippen LogP) is 4.81. The highest BCUT2D eigenvalue weighted by Crippen LogP contribution is 2.17. The van der Waals surface area contributed by atoms with Crippen molar-refractivity contribution in [2.45, 2.75) is 12.7 Å².